The largest absolute Gasteiger partial charge is 0.460 e. The van der Waals surface area contributed by atoms with Crippen LogP contribution in [0.25, 0.3) is 0 Å². The van der Waals surface area contributed by atoms with Gasteiger partial charge in [0.15, 0.2) is 6.29 Å². The van der Waals surface area contributed by atoms with E-state index < -0.39 is 5.97 Å². The molecule has 33 heavy (non-hydrogen) atoms. The third kappa shape index (κ3) is 20.0. The van der Waals surface area contributed by atoms with Gasteiger partial charge in [-0.15, -0.1) is 0 Å². The summed E-state index contributed by atoms with van der Waals surface area (Å²) >= 11 is 0. The molecule has 0 aromatic carbocycles. The summed E-state index contributed by atoms with van der Waals surface area (Å²) in [6.07, 6.45) is 3.19. The zero-order chi connectivity index (χ0) is 23.8. The van der Waals surface area contributed by atoms with E-state index in [0.717, 1.165) is 25.9 Å². The minimum Gasteiger partial charge on any atom is -0.460 e. The van der Waals surface area contributed by atoms with E-state index in [-0.39, 0.29) is 12.9 Å². The Balaban J connectivity index is 1.65. The van der Waals surface area contributed by atoms with E-state index in [1.807, 2.05) is 0 Å². The Bertz CT molecular complexity index is 468. The standard InChI is InChI=1S/C23H42O10/c1-21(2)23(24)33-20-18-30-16-14-28-12-10-26-8-7-25-9-11-27-13-15-29-17-19-32-22-5-3-4-6-31-22/h22H,1,3-20H2,2H3. The summed E-state index contributed by atoms with van der Waals surface area (Å²) < 4.78 is 48.4. The van der Waals surface area contributed by atoms with Crippen LogP contribution in [0.5, 0.6) is 0 Å². The van der Waals surface area contributed by atoms with Crippen molar-refractivity contribution in [3.63, 3.8) is 0 Å². The van der Waals surface area contributed by atoms with Gasteiger partial charge in [0.05, 0.1) is 85.9 Å². The lowest BCUT2D eigenvalue weighted by Gasteiger charge is -2.22. The Hall–Kier alpha value is -1.11. The van der Waals surface area contributed by atoms with Crippen molar-refractivity contribution < 1.29 is 47.4 Å². The fourth-order valence-electron chi connectivity index (χ4n) is 2.60. The maximum Gasteiger partial charge on any atom is 0.333 e. The molecule has 0 aliphatic carbocycles. The quantitative estimate of drug-likeness (QED) is 0.123. The average molecular weight is 479 g/mol. The molecule has 194 valence electrons. The molecule has 10 heteroatoms. The number of esters is 1. The maximum atomic E-state index is 11.1. The van der Waals surface area contributed by atoms with Crippen LogP contribution >= 0.6 is 0 Å². The van der Waals surface area contributed by atoms with Crippen molar-refractivity contribution in [3.8, 4) is 0 Å². The molecule has 1 unspecified atom stereocenters. The van der Waals surface area contributed by atoms with Gasteiger partial charge in [0.2, 0.25) is 0 Å². The summed E-state index contributed by atoms with van der Waals surface area (Å²) in [5.74, 6) is -0.407. The first-order valence-corrected chi connectivity index (χ1v) is 11.7. The predicted molar refractivity (Wildman–Crippen MR) is 120 cm³/mol. The highest BCUT2D eigenvalue weighted by Crippen LogP contribution is 2.13. The third-order valence-electron chi connectivity index (χ3n) is 4.34. The molecular weight excluding hydrogens is 436 g/mol. The smallest absolute Gasteiger partial charge is 0.333 e. The van der Waals surface area contributed by atoms with Gasteiger partial charge in [-0.3, -0.25) is 0 Å². The predicted octanol–water partition coefficient (Wildman–Crippen LogP) is 1.75. The first-order chi connectivity index (χ1) is 16.2. The second-order valence-corrected chi connectivity index (χ2v) is 7.26. The Morgan fingerprint density at radius 3 is 1.52 bits per heavy atom. The van der Waals surface area contributed by atoms with Gasteiger partial charge in [-0.25, -0.2) is 4.79 Å². The number of carbonyl (C=O) groups is 1. The number of rotatable bonds is 23. The van der Waals surface area contributed by atoms with E-state index in [2.05, 4.69) is 6.58 Å². The Labute approximate surface area is 197 Å². The monoisotopic (exact) mass is 478 g/mol. The highest BCUT2D eigenvalue weighted by molar-refractivity contribution is 5.86. The molecule has 0 radical (unpaired) electrons. The van der Waals surface area contributed by atoms with Crippen LogP contribution in [0.1, 0.15) is 26.2 Å². The van der Waals surface area contributed by atoms with Crippen LogP contribution in [-0.2, 0) is 47.4 Å². The Kier molecular flexibility index (Phi) is 20.6. The van der Waals surface area contributed by atoms with E-state index in [1.165, 1.54) is 0 Å². The van der Waals surface area contributed by atoms with Crippen molar-refractivity contribution >= 4 is 5.97 Å². The van der Waals surface area contributed by atoms with Crippen LogP contribution in [0.3, 0.4) is 0 Å². The first kappa shape index (κ1) is 29.9. The van der Waals surface area contributed by atoms with Crippen molar-refractivity contribution in [1.29, 1.82) is 0 Å². The highest BCUT2D eigenvalue weighted by atomic mass is 16.7. The molecular formula is C23H42O10. The van der Waals surface area contributed by atoms with Gasteiger partial charge in [-0.05, 0) is 26.2 Å². The molecule has 1 saturated heterocycles. The first-order valence-electron chi connectivity index (χ1n) is 11.7. The molecule has 1 fully saturated rings. The average Bonchev–Trinajstić information content (AvgIpc) is 2.82. The van der Waals surface area contributed by atoms with Gasteiger partial charge >= 0.3 is 5.97 Å². The summed E-state index contributed by atoms with van der Waals surface area (Å²) in [6, 6.07) is 0. The molecule has 1 aliphatic heterocycles. The summed E-state index contributed by atoms with van der Waals surface area (Å²) in [6.45, 7) is 12.5. The molecule has 0 amide bonds. The van der Waals surface area contributed by atoms with E-state index in [0.29, 0.717) is 91.5 Å². The van der Waals surface area contributed by atoms with Gasteiger partial charge in [0, 0.05) is 12.2 Å². The zero-order valence-corrected chi connectivity index (χ0v) is 20.1. The topological polar surface area (TPSA) is 100 Å². The van der Waals surface area contributed by atoms with Crippen LogP contribution in [0.2, 0.25) is 0 Å². The highest BCUT2D eigenvalue weighted by Gasteiger charge is 2.13. The van der Waals surface area contributed by atoms with E-state index in [1.54, 1.807) is 6.92 Å². The molecule has 0 saturated carbocycles. The second kappa shape index (κ2) is 22.7. The van der Waals surface area contributed by atoms with Crippen LogP contribution in [-0.4, -0.2) is 111 Å². The molecule has 0 bridgehead atoms. The van der Waals surface area contributed by atoms with Crippen molar-refractivity contribution in [2.24, 2.45) is 0 Å². The van der Waals surface area contributed by atoms with Gasteiger partial charge in [-0.2, -0.15) is 0 Å². The SMILES string of the molecule is C=C(C)C(=O)OCCOCCOCCOCCOCCOCCOCCOC1CCCCO1. The number of carbonyl (C=O) groups excluding carboxylic acids is 1. The summed E-state index contributed by atoms with van der Waals surface area (Å²) in [7, 11) is 0. The van der Waals surface area contributed by atoms with Crippen molar-refractivity contribution in [1.82, 2.24) is 0 Å². The molecule has 1 atom stereocenters. The zero-order valence-electron chi connectivity index (χ0n) is 20.1. The van der Waals surface area contributed by atoms with E-state index in [9.17, 15) is 4.79 Å². The molecule has 0 N–H and O–H groups in total. The number of ether oxygens (including phenoxy) is 9. The molecule has 0 aromatic heterocycles. The molecule has 0 spiro atoms. The van der Waals surface area contributed by atoms with E-state index in [4.69, 9.17) is 42.6 Å². The Morgan fingerprint density at radius 2 is 1.12 bits per heavy atom. The second-order valence-electron chi connectivity index (χ2n) is 7.26. The van der Waals surface area contributed by atoms with Crippen LogP contribution in [0.4, 0.5) is 0 Å². The van der Waals surface area contributed by atoms with Crippen molar-refractivity contribution in [3.05, 3.63) is 12.2 Å². The molecule has 0 aromatic rings. The molecule has 10 nitrogen and oxygen atoms in total. The maximum absolute atomic E-state index is 11.1. The molecule has 1 rings (SSSR count). The summed E-state index contributed by atoms with van der Waals surface area (Å²) in [4.78, 5) is 11.1. The van der Waals surface area contributed by atoms with Crippen LogP contribution in [0, 0.1) is 0 Å². The lowest BCUT2D eigenvalue weighted by molar-refractivity contribution is -0.169. The molecule has 1 heterocycles. The molecule has 1 aliphatic rings. The summed E-state index contributed by atoms with van der Waals surface area (Å²) in [5.41, 5.74) is 0.376. The minimum atomic E-state index is -0.407. The minimum absolute atomic E-state index is 0.0652. The fourth-order valence-corrected chi connectivity index (χ4v) is 2.60. The number of hydrogen-bond acceptors (Lipinski definition) is 10. The van der Waals surface area contributed by atoms with Crippen molar-refractivity contribution in [2.75, 3.05) is 99.1 Å². The normalized spacial score (nSPS) is 16.1. The van der Waals surface area contributed by atoms with Gasteiger partial charge in [-0.1, -0.05) is 6.58 Å². The van der Waals surface area contributed by atoms with Gasteiger partial charge in [0.25, 0.3) is 0 Å². The van der Waals surface area contributed by atoms with Gasteiger partial charge in [0.1, 0.15) is 6.61 Å². The fraction of sp³-hybridized carbons (Fsp3) is 0.870. The summed E-state index contributed by atoms with van der Waals surface area (Å²) in [5, 5.41) is 0. The Morgan fingerprint density at radius 1 is 0.697 bits per heavy atom. The lowest BCUT2D eigenvalue weighted by Crippen LogP contribution is -2.24. The third-order valence-corrected chi connectivity index (χ3v) is 4.34. The van der Waals surface area contributed by atoms with Crippen LogP contribution in [0.15, 0.2) is 12.2 Å². The number of hydrogen-bond donors (Lipinski definition) is 0. The van der Waals surface area contributed by atoms with Crippen molar-refractivity contribution in [2.45, 2.75) is 32.5 Å². The lowest BCUT2D eigenvalue weighted by atomic mass is 10.2. The van der Waals surface area contributed by atoms with Crippen LogP contribution < -0.4 is 0 Å². The van der Waals surface area contributed by atoms with E-state index >= 15 is 0 Å². The van der Waals surface area contributed by atoms with Gasteiger partial charge < -0.3 is 42.6 Å².